The van der Waals surface area contributed by atoms with E-state index in [1.807, 2.05) is 44.2 Å². The van der Waals surface area contributed by atoms with Crippen LogP contribution in [0, 0.1) is 13.8 Å². The Labute approximate surface area is 129 Å². The summed E-state index contributed by atoms with van der Waals surface area (Å²) in [6, 6.07) is 9.35. The molecule has 21 heavy (non-hydrogen) atoms. The highest BCUT2D eigenvalue weighted by Gasteiger charge is 2.27. The number of halogens is 1. The molecule has 1 unspecified atom stereocenters. The maximum absolute atomic E-state index is 9.89. The van der Waals surface area contributed by atoms with Crippen molar-refractivity contribution in [3.05, 3.63) is 57.6 Å². The normalized spacial score (nSPS) is 20.8. The van der Waals surface area contributed by atoms with Crippen molar-refractivity contribution in [2.45, 2.75) is 32.4 Å². The van der Waals surface area contributed by atoms with Crippen LogP contribution < -0.4 is 10.5 Å². The van der Waals surface area contributed by atoms with Crippen molar-refractivity contribution in [3.8, 4) is 11.5 Å². The smallest absolute Gasteiger partial charge is 0.126 e. The fourth-order valence-corrected chi connectivity index (χ4v) is 3.04. The predicted molar refractivity (Wildman–Crippen MR) is 83.9 cm³/mol. The molecule has 1 aliphatic rings. The minimum absolute atomic E-state index is 0.105. The molecule has 0 spiro atoms. The summed E-state index contributed by atoms with van der Waals surface area (Å²) in [6.07, 6.45) is 0.587. The van der Waals surface area contributed by atoms with Gasteiger partial charge in [-0.3, -0.25) is 0 Å². The van der Waals surface area contributed by atoms with Crippen LogP contribution in [0.5, 0.6) is 11.5 Å². The molecule has 4 heteroatoms. The second kappa shape index (κ2) is 5.24. The standard InChI is InChI=1S/C17H18ClNO2/c1-9-5-11(6-10(2)17(9)20)16-8-14(19)13-7-12(18)3-4-15(13)21-16/h3-7,14,16,20H,8,19H2,1-2H3/t14-,16?/m0/s1. The van der Waals surface area contributed by atoms with E-state index in [4.69, 9.17) is 22.1 Å². The first-order chi connectivity index (χ1) is 9.95. The maximum Gasteiger partial charge on any atom is 0.126 e. The molecule has 0 amide bonds. The van der Waals surface area contributed by atoms with Crippen molar-refractivity contribution in [2.75, 3.05) is 0 Å². The van der Waals surface area contributed by atoms with Crippen LogP contribution >= 0.6 is 11.6 Å². The van der Waals surface area contributed by atoms with E-state index >= 15 is 0 Å². The summed E-state index contributed by atoms with van der Waals surface area (Å²) < 4.78 is 6.07. The predicted octanol–water partition coefficient (Wildman–Crippen LogP) is 4.19. The summed E-state index contributed by atoms with van der Waals surface area (Å²) in [5, 5.41) is 10.6. The Balaban J connectivity index is 1.98. The molecule has 3 N–H and O–H groups in total. The average Bonchev–Trinajstić information content (AvgIpc) is 2.44. The van der Waals surface area contributed by atoms with Gasteiger partial charge in [0.05, 0.1) is 0 Å². The Hall–Kier alpha value is -1.71. The molecular weight excluding hydrogens is 286 g/mol. The number of hydrogen-bond acceptors (Lipinski definition) is 3. The Kier molecular flexibility index (Phi) is 3.56. The molecule has 0 fully saturated rings. The van der Waals surface area contributed by atoms with Crippen LogP contribution in [0.25, 0.3) is 0 Å². The minimum atomic E-state index is -0.105. The third kappa shape index (κ3) is 2.59. The van der Waals surface area contributed by atoms with E-state index in [0.29, 0.717) is 17.2 Å². The number of hydrogen-bond donors (Lipinski definition) is 2. The second-order valence-electron chi connectivity index (χ2n) is 5.63. The van der Waals surface area contributed by atoms with Crippen LogP contribution in [0.1, 0.15) is 40.8 Å². The summed E-state index contributed by atoms with van der Waals surface area (Å²) in [5.41, 5.74) is 9.95. The summed E-state index contributed by atoms with van der Waals surface area (Å²) in [6.45, 7) is 3.78. The third-order valence-corrected chi connectivity index (χ3v) is 4.23. The van der Waals surface area contributed by atoms with Crippen molar-refractivity contribution >= 4 is 11.6 Å². The highest BCUT2D eigenvalue weighted by atomic mass is 35.5. The molecule has 110 valence electrons. The number of aryl methyl sites for hydroxylation is 2. The van der Waals surface area contributed by atoms with Crippen molar-refractivity contribution in [3.63, 3.8) is 0 Å². The van der Waals surface area contributed by atoms with Crippen LogP contribution in [-0.4, -0.2) is 5.11 Å². The Morgan fingerprint density at radius 3 is 2.52 bits per heavy atom. The van der Waals surface area contributed by atoms with E-state index < -0.39 is 0 Å². The maximum atomic E-state index is 9.89. The zero-order chi connectivity index (χ0) is 15.1. The molecule has 1 heterocycles. The molecule has 2 atom stereocenters. The molecule has 3 rings (SSSR count). The van der Waals surface area contributed by atoms with Crippen molar-refractivity contribution in [2.24, 2.45) is 5.73 Å². The van der Waals surface area contributed by atoms with Gasteiger partial charge in [-0.2, -0.15) is 0 Å². The summed E-state index contributed by atoms with van der Waals surface area (Å²) in [4.78, 5) is 0. The van der Waals surface area contributed by atoms with E-state index in [0.717, 1.165) is 28.0 Å². The fourth-order valence-electron chi connectivity index (χ4n) is 2.85. The largest absolute Gasteiger partial charge is 0.507 e. The zero-order valence-electron chi connectivity index (χ0n) is 12.1. The Morgan fingerprint density at radius 1 is 1.19 bits per heavy atom. The first-order valence-corrected chi connectivity index (χ1v) is 7.35. The van der Waals surface area contributed by atoms with Crippen molar-refractivity contribution in [1.29, 1.82) is 0 Å². The molecule has 0 saturated carbocycles. The highest BCUT2D eigenvalue weighted by molar-refractivity contribution is 6.30. The van der Waals surface area contributed by atoms with E-state index in [-0.39, 0.29) is 12.1 Å². The highest BCUT2D eigenvalue weighted by Crippen LogP contribution is 2.41. The fraction of sp³-hybridized carbons (Fsp3) is 0.294. The molecule has 3 nitrogen and oxygen atoms in total. The van der Waals surface area contributed by atoms with Gasteiger partial charge in [-0.25, -0.2) is 0 Å². The van der Waals surface area contributed by atoms with Gasteiger partial charge in [-0.1, -0.05) is 11.6 Å². The minimum Gasteiger partial charge on any atom is -0.507 e. The van der Waals surface area contributed by atoms with Gasteiger partial charge >= 0.3 is 0 Å². The summed E-state index contributed by atoms with van der Waals surface area (Å²) >= 11 is 6.02. The van der Waals surface area contributed by atoms with E-state index in [2.05, 4.69) is 0 Å². The van der Waals surface area contributed by atoms with Crippen LogP contribution in [-0.2, 0) is 0 Å². The van der Waals surface area contributed by atoms with Crippen LogP contribution in [0.3, 0.4) is 0 Å². The van der Waals surface area contributed by atoms with Gasteiger partial charge in [0, 0.05) is 23.0 Å². The molecule has 1 aliphatic heterocycles. The number of benzene rings is 2. The van der Waals surface area contributed by atoms with E-state index in [9.17, 15) is 5.11 Å². The second-order valence-corrected chi connectivity index (χ2v) is 6.07. The molecule has 0 aromatic heterocycles. The topological polar surface area (TPSA) is 55.5 Å². The van der Waals surface area contributed by atoms with Gasteiger partial charge < -0.3 is 15.6 Å². The Bertz CT molecular complexity index is 676. The number of phenolic OH excluding ortho intramolecular Hbond substituents is 1. The number of aromatic hydroxyl groups is 1. The number of ether oxygens (including phenoxy) is 1. The first kappa shape index (κ1) is 14.2. The average molecular weight is 304 g/mol. The van der Waals surface area contributed by atoms with Gasteiger partial charge in [-0.15, -0.1) is 0 Å². The lowest BCUT2D eigenvalue weighted by atomic mass is 9.92. The van der Waals surface area contributed by atoms with Gasteiger partial charge in [0.25, 0.3) is 0 Å². The van der Waals surface area contributed by atoms with E-state index in [1.165, 1.54) is 0 Å². The van der Waals surface area contributed by atoms with Crippen molar-refractivity contribution in [1.82, 2.24) is 0 Å². The molecule has 0 radical (unpaired) electrons. The molecule has 2 aromatic rings. The lowest BCUT2D eigenvalue weighted by Gasteiger charge is -2.31. The summed E-state index contributed by atoms with van der Waals surface area (Å²) in [7, 11) is 0. The van der Waals surface area contributed by atoms with Gasteiger partial charge in [0.1, 0.15) is 17.6 Å². The molecular formula is C17H18ClNO2. The molecule has 0 bridgehead atoms. The van der Waals surface area contributed by atoms with Gasteiger partial charge in [-0.05, 0) is 60.9 Å². The van der Waals surface area contributed by atoms with Crippen molar-refractivity contribution < 1.29 is 9.84 Å². The zero-order valence-corrected chi connectivity index (χ0v) is 12.8. The number of phenols is 1. The molecule has 2 aromatic carbocycles. The van der Waals surface area contributed by atoms with Crippen LogP contribution in [0.2, 0.25) is 5.02 Å². The third-order valence-electron chi connectivity index (χ3n) is 3.99. The van der Waals surface area contributed by atoms with E-state index in [1.54, 1.807) is 0 Å². The van der Waals surface area contributed by atoms with Gasteiger partial charge in [0.15, 0.2) is 0 Å². The van der Waals surface area contributed by atoms with Crippen LogP contribution in [0.15, 0.2) is 30.3 Å². The number of fused-ring (bicyclic) bond motifs is 1. The summed E-state index contributed by atoms with van der Waals surface area (Å²) in [5.74, 6) is 1.12. The Morgan fingerprint density at radius 2 is 1.86 bits per heavy atom. The van der Waals surface area contributed by atoms with Crippen LogP contribution in [0.4, 0.5) is 0 Å². The monoisotopic (exact) mass is 303 g/mol. The molecule has 0 aliphatic carbocycles. The number of nitrogens with two attached hydrogens (primary N) is 1. The SMILES string of the molecule is Cc1cc(C2C[C@H](N)c3cc(Cl)ccc3O2)cc(C)c1O. The molecule has 0 saturated heterocycles. The quantitative estimate of drug-likeness (QED) is 0.830. The number of rotatable bonds is 1. The first-order valence-electron chi connectivity index (χ1n) is 6.97. The van der Waals surface area contributed by atoms with Gasteiger partial charge in [0.2, 0.25) is 0 Å². The lowest BCUT2D eigenvalue weighted by Crippen LogP contribution is -2.24. The lowest BCUT2D eigenvalue weighted by molar-refractivity contribution is 0.161.